The van der Waals surface area contributed by atoms with E-state index in [-0.39, 0.29) is 5.57 Å². The molecular weight excluding hydrogens is 413 g/mol. The van der Waals surface area contributed by atoms with Gasteiger partial charge in [0.25, 0.3) is 5.91 Å². The van der Waals surface area contributed by atoms with E-state index in [0.29, 0.717) is 12.2 Å². The van der Waals surface area contributed by atoms with Gasteiger partial charge in [0.05, 0.1) is 0 Å². The fourth-order valence-corrected chi connectivity index (χ4v) is 2.85. The van der Waals surface area contributed by atoms with Crippen LogP contribution in [0.15, 0.2) is 54.2 Å². The molecule has 0 saturated carbocycles. The van der Waals surface area contributed by atoms with Crippen molar-refractivity contribution in [2.75, 3.05) is 5.32 Å². The Morgan fingerprint density at radius 3 is 2.71 bits per heavy atom. The van der Waals surface area contributed by atoms with Gasteiger partial charge in [0, 0.05) is 22.0 Å². The molecule has 2 N–H and O–H groups in total. The van der Waals surface area contributed by atoms with Gasteiger partial charge in [-0.1, -0.05) is 29.8 Å². The van der Waals surface area contributed by atoms with Gasteiger partial charge in [-0.2, -0.15) is 5.26 Å². The zero-order valence-electron chi connectivity index (χ0n) is 13.6. The number of anilines is 1. The molecule has 1 amide bonds. The molecule has 2 aromatic carbocycles. The van der Waals surface area contributed by atoms with Crippen LogP contribution >= 0.6 is 22.6 Å². The minimum atomic E-state index is -0.418. The molecule has 0 fully saturated rings. The smallest absolute Gasteiger partial charge is 0.267 e. The van der Waals surface area contributed by atoms with Crippen LogP contribution in [-0.4, -0.2) is 5.91 Å². The number of hydrogen-bond acceptors (Lipinski definition) is 3. The summed E-state index contributed by atoms with van der Waals surface area (Å²) in [5.74, 6) is -0.418. The predicted octanol–water partition coefficient (Wildman–Crippen LogP) is 4.04. The summed E-state index contributed by atoms with van der Waals surface area (Å²) < 4.78 is 1.10. The molecule has 0 unspecified atom stereocenters. The van der Waals surface area contributed by atoms with Gasteiger partial charge in [-0.15, -0.1) is 0 Å². The third-order valence-electron chi connectivity index (χ3n) is 3.44. The van der Waals surface area contributed by atoms with Crippen LogP contribution in [0.25, 0.3) is 0 Å². The minimum Gasteiger partial charge on any atom is -0.386 e. The monoisotopic (exact) mass is 431 g/mol. The van der Waals surface area contributed by atoms with E-state index >= 15 is 0 Å². The molecule has 0 aliphatic heterocycles. The molecule has 0 atom stereocenters. The third kappa shape index (κ3) is 5.10. The van der Waals surface area contributed by atoms with Crippen LogP contribution in [0.2, 0.25) is 0 Å². The molecule has 0 saturated heterocycles. The maximum atomic E-state index is 12.2. The molecule has 122 valence electrons. The molecule has 0 heterocycles. The van der Waals surface area contributed by atoms with E-state index in [0.717, 1.165) is 14.7 Å². The van der Waals surface area contributed by atoms with E-state index in [1.807, 2.05) is 56.3 Å². The van der Waals surface area contributed by atoms with E-state index < -0.39 is 5.91 Å². The van der Waals surface area contributed by atoms with Crippen LogP contribution in [0.5, 0.6) is 0 Å². The van der Waals surface area contributed by atoms with E-state index in [1.54, 1.807) is 0 Å². The molecule has 24 heavy (non-hydrogen) atoms. The second-order valence-electron chi connectivity index (χ2n) is 5.45. The quantitative estimate of drug-likeness (QED) is 0.427. The van der Waals surface area contributed by atoms with Crippen molar-refractivity contribution in [1.82, 2.24) is 5.32 Å². The topological polar surface area (TPSA) is 64.9 Å². The summed E-state index contributed by atoms with van der Waals surface area (Å²) in [4.78, 5) is 12.2. The number of nitrogens with one attached hydrogen (secondary N) is 2. The number of carbonyl (C=O) groups excluding carboxylic acids is 1. The first-order valence-electron chi connectivity index (χ1n) is 7.46. The summed E-state index contributed by atoms with van der Waals surface area (Å²) >= 11 is 2.22. The van der Waals surface area contributed by atoms with Gasteiger partial charge in [-0.05, 0) is 65.8 Å². The van der Waals surface area contributed by atoms with Crippen molar-refractivity contribution < 1.29 is 4.79 Å². The SMILES string of the molecule is Cc1cccc(CN/C=C(/C#N)C(=O)Nc2ccc(I)cc2C)c1. The lowest BCUT2D eigenvalue weighted by Gasteiger charge is -2.08. The number of hydrogen-bond donors (Lipinski definition) is 2. The highest BCUT2D eigenvalue weighted by Gasteiger charge is 2.10. The predicted molar refractivity (Wildman–Crippen MR) is 104 cm³/mol. The molecule has 2 aromatic rings. The van der Waals surface area contributed by atoms with Gasteiger partial charge < -0.3 is 10.6 Å². The van der Waals surface area contributed by atoms with Gasteiger partial charge in [0.2, 0.25) is 0 Å². The Bertz CT molecular complexity index is 822. The highest BCUT2D eigenvalue weighted by atomic mass is 127. The Morgan fingerprint density at radius 2 is 2.04 bits per heavy atom. The second-order valence-corrected chi connectivity index (χ2v) is 6.70. The number of carbonyl (C=O) groups is 1. The molecule has 0 aliphatic carbocycles. The number of amides is 1. The molecule has 2 rings (SSSR count). The van der Waals surface area contributed by atoms with Crippen molar-refractivity contribution in [1.29, 1.82) is 5.26 Å². The lowest BCUT2D eigenvalue weighted by atomic mass is 10.1. The second kappa shape index (κ2) is 8.50. The van der Waals surface area contributed by atoms with Crippen LogP contribution in [0.3, 0.4) is 0 Å². The summed E-state index contributed by atoms with van der Waals surface area (Å²) in [7, 11) is 0. The van der Waals surface area contributed by atoms with Gasteiger partial charge >= 0.3 is 0 Å². The molecule has 0 bridgehead atoms. The molecule has 0 radical (unpaired) electrons. The third-order valence-corrected chi connectivity index (χ3v) is 4.11. The number of rotatable bonds is 5. The summed E-state index contributed by atoms with van der Waals surface area (Å²) in [5.41, 5.74) is 3.98. The van der Waals surface area contributed by atoms with Crippen LogP contribution in [0.1, 0.15) is 16.7 Å². The summed E-state index contributed by atoms with van der Waals surface area (Å²) in [6.45, 7) is 4.50. The van der Waals surface area contributed by atoms with Gasteiger partial charge in [0.15, 0.2) is 0 Å². The van der Waals surface area contributed by atoms with Crippen molar-refractivity contribution in [3.8, 4) is 6.07 Å². The zero-order chi connectivity index (χ0) is 17.5. The van der Waals surface area contributed by atoms with Gasteiger partial charge in [0.1, 0.15) is 11.6 Å². The minimum absolute atomic E-state index is 0.0422. The number of nitrogens with zero attached hydrogens (tertiary/aromatic N) is 1. The van der Waals surface area contributed by atoms with E-state index in [1.165, 1.54) is 11.8 Å². The van der Waals surface area contributed by atoms with Crippen molar-refractivity contribution >= 4 is 34.2 Å². The molecule has 0 spiro atoms. The lowest BCUT2D eigenvalue weighted by Crippen LogP contribution is -2.17. The number of halogens is 1. The maximum absolute atomic E-state index is 12.2. The number of benzene rings is 2. The zero-order valence-corrected chi connectivity index (χ0v) is 15.7. The first-order chi connectivity index (χ1) is 11.5. The summed E-state index contributed by atoms with van der Waals surface area (Å²) in [6.07, 6.45) is 1.46. The Kier molecular flexibility index (Phi) is 6.38. The summed E-state index contributed by atoms with van der Waals surface area (Å²) in [5, 5.41) is 15.0. The molecule has 5 heteroatoms. The van der Waals surface area contributed by atoms with Crippen LogP contribution in [-0.2, 0) is 11.3 Å². The van der Waals surface area contributed by atoms with Crippen LogP contribution in [0.4, 0.5) is 5.69 Å². The Morgan fingerprint density at radius 1 is 1.25 bits per heavy atom. The van der Waals surface area contributed by atoms with Crippen molar-refractivity contribution in [2.45, 2.75) is 20.4 Å². The lowest BCUT2D eigenvalue weighted by molar-refractivity contribution is -0.112. The number of nitriles is 1. The Balaban J connectivity index is 2.01. The first kappa shape index (κ1) is 18.0. The summed E-state index contributed by atoms with van der Waals surface area (Å²) in [6, 6.07) is 15.7. The van der Waals surface area contributed by atoms with E-state index in [2.05, 4.69) is 39.3 Å². The van der Waals surface area contributed by atoms with Crippen LogP contribution < -0.4 is 10.6 Å². The van der Waals surface area contributed by atoms with E-state index in [9.17, 15) is 10.1 Å². The average molecular weight is 431 g/mol. The average Bonchev–Trinajstić information content (AvgIpc) is 2.54. The number of aryl methyl sites for hydroxylation is 2. The fraction of sp³-hybridized carbons (Fsp3) is 0.158. The maximum Gasteiger partial charge on any atom is 0.267 e. The first-order valence-corrected chi connectivity index (χ1v) is 8.54. The molecule has 4 nitrogen and oxygen atoms in total. The standard InChI is InChI=1S/C19H18IN3O/c1-13-4-3-5-15(8-13)11-22-12-16(10-21)19(24)23-18-7-6-17(20)9-14(18)2/h3-9,12,22H,11H2,1-2H3,(H,23,24)/b16-12-. The van der Waals surface area contributed by atoms with Gasteiger partial charge in [-0.25, -0.2) is 0 Å². The van der Waals surface area contributed by atoms with Crippen molar-refractivity contribution in [3.05, 3.63) is 74.5 Å². The molecule has 0 aliphatic rings. The Labute approximate surface area is 155 Å². The highest BCUT2D eigenvalue weighted by molar-refractivity contribution is 14.1. The van der Waals surface area contributed by atoms with Gasteiger partial charge in [-0.3, -0.25) is 4.79 Å². The fourth-order valence-electron chi connectivity index (χ4n) is 2.20. The Hall–Kier alpha value is -2.33. The van der Waals surface area contributed by atoms with Crippen molar-refractivity contribution in [3.63, 3.8) is 0 Å². The van der Waals surface area contributed by atoms with Crippen molar-refractivity contribution in [2.24, 2.45) is 0 Å². The largest absolute Gasteiger partial charge is 0.386 e. The van der Waals surface area contributed by atoms with E-state index in [4.69, 9.17) is 0 Å². The molecular formula is C19H18IN3O. The van der Waals surface area contributed by atoms with Crippen LogP contribution in [0, 0.1) is 28.7 Å². The highest BCUT2D eigenvalue weighted by Crippen LogP contribution is 2.18. The molecule has 0 aromatic heterocycles. The normalized spacial score (nSPS) is 10.8.